The number of nitrogens with zero attached hydrogens (tertiary/aromatic N) is 2. The van der Waals surface area contributed by atoms with Crippen LogP contribution in [0, 0.1) is 16.0 Å². The highest BCUT2D eigenvalue weighted by Crippen LogP contribution is 2.33. The van der Waals surface area contributed by atoms with E-state index >= 15 is 0 Å². The number of nitro groups is 1. The Morgan fingerprint density at radius 1 is 1.23 bits per heavy atom. The smallest absolute Gasteiger partial charge is 0.311 e. The second-order valence-electron chi connectivity index (χ2n) is 6.54. The first-order valence-electron chi connectivity index (χ1n) is 9.03. The van der Waals surface area contributed by atoms with Gasteiger partial charge in [0.1, 0.15) is 5.75 Å². The first-order chi connectivity index (χ1) is 14.4. The Kier molecular flexibility index (Phi) is 6.26. The molecule has 1 N–H and O–H groups in total. The van der Waals surface area contributed by atoms with Crippen LogP contribution in [-0.4, -0.2) is 43.0 Å². The predicted octanol–water partition coefficient (Wildman–Crippen LogP) is 2.14. The maximum absolute atomic E-state index is 12.4. The van der Waals surface area contributed by atoms with Gasteiger partial charge in [-0.15, -0.1) is 0 Å². The minimum absolute atomic E-state index is 0.0383. The van der Waals surface area contributed by atoms with Gasteiger partial charge in [0, 0.05) is 30.8 Å². The SMILES string of the molecule is COc1ccccc1N1C[C@H](C(=O)OCC(=O)Nc2cccc([N+](=O)[O-])c2)CC1=O. The zero-order chi connectivity index (χ0) is 21.7. The molecule has 1 aliphatic rings. The second kappa shape index (κ2) is 9.03. The molecule has 0 radical (unpaired) electrons. The van der Waals surface area contributed by atoms with Crippen molar-refractivity contribution >= 4 is 34.8 Å². The van der Waals surface area contributed by atoms with Crippen molar-refractivity contribution in [3.8, 4) is 5.75 Å². The minimum atomic E-state index is -0.715. The van der Waals surface area contributed by atoms with Crippen molar-refractivity contribution in [2.45, 2.75) is 6.42 Å². The van der Waals surface area contributed by atoms with Crippen LogP contribution < -0.4 is 15.0 Å². The number of nitro benzene ring substituents is 1. The fraction of sp³-hybridized carbons (Fsp3) is 0.250. The van der Waals surface area contributed by atoms with Gasteiger partial charge in [0.25, 0.3) is 11.6 Å². The Bertz CT molecular complexity index is 992. The molecule has 10 nitrogen and oxygen atoms in total. The van der Waals surface area contributed by atoms with E-state index in [1.165, 1.54) is 36.3 Å². The van der Waals surface area contributed by atoms with Crippen molar-refractivity contribution in [2.24, 2.45) is 5.92 Å². The lowest BCUT2D eigenvalue weighted by molar-refractivity contribution is -0.384. The molecule has 3 rings (SSSR count). The van der Waals surface area contributed by atoms with Crippen LogP contribution in [0.5, 0.6) is 5.75 Å². The van der Waals surface area contributed by atoms with Crippen molar-refractivity contribution in [3.63, 3.8) is 0 Å². The summed E-state index contributed by atoms with van der Waals surface area (Å²) in [5, 5.41) is 13.2. The molecule has 1 saturated heterocycles. The number of anilines is 2. The largest absolute Gasteiger partial charge is 0.495 e. The number of benzene rings is 2. The van der Waals surface area contributed by atoms with Gasteiger partial charge in [-0.05, 0) is 18.2 Å². The number of non-ortho nitro benzene ring substituents is 1. The fourth-order valence-electron chi connectivity index (χ4n) is 3.10. The van der Waals surface area contributed by atoms with Crippen LogP contribution in [0.2, 0.25) is 0 Å². The molecule has 2 aromatic carbocycles. The molecule has 1 heterocycles. The molecule has 0 unspecified atom stereocenters. The number of amides is 2. The Labute approximate surface area is 171 Å². The molecular formula is C20H19N3O7. The fourth-order valence-corrected chi connectivity index (χ4v) is 3.10. The molecule has 1 atom stereocenters. The van der Waals surface area contributed by atoms with Crippen LogP contribution in [0.25, 0.3) is 0 Å². The van der Waals surface area contributed by atoms with E-state index in [9.17, 15) is 24.5 Å². The summed E-state index contributed by atoms with van der Waals surface area (Å²) < 4.78 is 10.3. The van der Waals surface area contributed by atoms with Crippen LogP contribution >= 0.6 is 0 Å². The number of hydrogen-bond donors (Lipinski definition) is 1. The zero-order valence-electron chi connectivity index (χ0n) is 16.1. The standard InChI is InChI=1S/C20H19N3O7/c1-29-17-8-3-2-7-16(17)22-11-13(9-19(22)25)20(26)30-12-18(24)21-14-5-4-6-15(10-14)23(27)28/h2-8,10,13H,9,11-12H2,1H3,(H,21,24)/t13-/m1/s1. The quantitative estimate of drug-likeness (QED) is 0.418. The molecule has 156 valence electrons. The molecule has 0 spiro atoms. The molecule has 0 aliphatic carbocycles. The molecule has 0 bridgehead atoms. The summed E-state index contributed by atoms with van der Waals surface area (Å²) in [5.41, 5.74) is 0.595. The average molecular weight is 413 g/mol. The number of methoxy groups -OCH3 is 1. The Morgan fingerprint density at radius 2 is 2.00 bits per heavy atom. The molecule has 1 fully saturated rings. The molecule has 10 heteroatoms. The number of para-hydroxylation sites is 2. The maximum atomic E-state index is 12.4. The number of hydrogen-bond acceptors (Lipinski definition) is 7. The van der Waals surface area contributed by atoms with E-state index in [4.69, 9.17) is 9.47 Å². The maximum Gasteiger partial charge on any atom is 0.311 e. The van der Waals surface area contributed by atoms with Gasteiger partial charge >= 0.3 is 5.97 Å². The van der Waals surface area contributed by atoms with Gasteiger partial charge < -0.3 is 19.7 Å². The normalized spacial score (nSPS) is 15.6. The highest BCUT2D eigenvalue weighted by molar-refractivity contribution is 6.01. The molecular weight excluding hydrogens is 394 g/mol. The topological polar surface area (TPSA) is 128 Å². The summed E-state index contributed by atoms with van der Waals surface area (Å²) in [4.78, 5) is 48.3. The summed E-state index contributed by atoms with van der Waals surface area (Å²) >= 11 is 0. The predicted molar refractivity (Wildman–Crippen MR) is 106 cm³/mol. The van der Waals surface area contributed by atoms with Crippen molar-refractivity contribution in [3.05, 3.63) is 58.6 Å². The van der Waals surface area contributed by atoms with E-state index in [-0.39, 0.29) is 30.2 Å². The summed E-state index contributed by atoms with van der Waals surface area (Å²) in [6.07, 6.45) is -0.0383. The van der Waals surface area contributed by atoms with Gasteiger partial charge in [-0.1, -0.05) is 18.2 Å². The summed E-state index contributed by atoms with van der Waals surface area (Å²) in [7, 11) is 1.49. The lowest BCUT2D eigenvalue weighted by Crippen LogP contribution is -2.28. The van der Waals surface area contributed by atoms with Gasteiger partial charge in [-0.3, -0.25) is 24.5 Å². The monoisotopic (exact) mass is 413 g/mol. The highest BCUT2D eigenvalue weighted by atomic mass is 16.6. The van der Waals surface area contributed by atoms with E-state index in [1.807, 2.05) is 0 Å². The van der Waals surface area contributed by atoms with Crippen LogP contribution in [-0.2, 0) is 19.1 Å². The third-order valence-corrected chi connectivity index (χ3v) is 4.52. The van der Waals surface area contributed by atoms with Gasteiger partial charge in [-0.25, -0.2) is 0 Å². The number of rotatable bonds is 7. The van der Waals surface area contributed by atoms with Crippen molar-refractivity contribution in [2.75, 3.05) is 30.5 Å². The molecule has 2 amide bonds. The molecule has 30 heavy (non-hydrogen) atoms. The van der Waals surface area contributed by atoms with E-state index in [0.717, 1.165) is 0 Å². The van der Waals surface area contributed by atoms with Gasteiger partial charge in [0.2, 0.25) is 5.91 Å². The van der Waals surface area contributed by atoms with Crippen molar-refractivity contribution < 1.29 is 28.8 Å². The third kappa shape index (κ3) is 4.72. The summed E-state index contributed by atoms with van der Waals surface area (Å²) in [6, 6.07) is 12.4. The lowest BCUT2D eigenvalue weighted by atomic mass is 10.1. The van der Waals surface area contributed by atoms with Gasteiger partial charge in [0.05, 0.1) is 23.6 Å². The Balaban J connectivity index is 1.55. The van der Waals surface area contributed by atoms with Crippen LogP contribution in [0.1, 0.15) is 6.42 Å². The average Bonchev–Trinajstić information content (AvgIpc) is 3.13. The lowest BCUT2D eigenvalue weighted by Gasteiger charge is -2.19. The van der Waals surface area contributed by atoms with E-state index in [2.05, 4.69) is 5.32 Å². The Morgan fingerprint density at radius 3 is 2.73 bits per heavy atom. The van der Waals surface area contributed by atoms with E-state index in [0.29, 0.717) is 11.4 Å². The summed E-state index contributed by atoms with van der Waals surface area (Å²) in [5.74, 6) is -1.77. The second-order valence-corrected chi connectivity index (χ2v) is 6.54. The Hall–Kier alpha value is -3.95. The number of carbonyl (C=O) groups excluding carboxylic acids is 3. The van der Waals surface area contributed by atoms with Crippen molar-refractivity contribution in [1.82, 2.24) is 0 Å². The van der Waals surface area contributed by atoms with Crippen LogP contribution in [0.15, 0.2) is 48.5 Å². The molecule has 0 saturated carbocycles. The third-order valence-electron chi connectivity index (χ3n) is 4.52. The molecule has 2 aromatic rings. The van der Waals surface area contributed by atoms with Crippen LogP contribution in [0.4, 0.5) is 17.1 Å². The van der Waals surface area contributed by atoms with Crippen molar-refractivity contribution in [1.29, 1.82) is 0 Å². The van der Waals surface area contributed by atoms with E-state index in [1.54, 1.807) is 24.3 Å². The zero-order valence-corrected chi connectivity index (χ0v) is 16.1. The first-order valence-corrected chi connectivity index (χ1v) is 9.03. The number of ether oxygens (including phenoxy) is 2. The van der Waals surface area contributed by atoms with Gasteiger partial charge in [0.15, 0.2) is 6.61 Å². The minimum Gasteiger partial charge on any atom is -0.495 e. The van der Waals surface area contributed by atoms with Gasteiger partial charge in [-0.2, -0.15) is 0 Å². The number of carbonyl (C=O) groups is 3. The van der Waals surface area contributed by atoms with Crippen LogP contribution in [0.3, 0.4) is 0 Å². The highest BCUT2D eigenvalue weighted by Gasteiger charge is 2.37. The first kappa shape index (κ1) is 20.8. The number of nitrogens with one attached hydrogen (secondary N) is 1. The molecule has 0 aromatic heterocycles. The number of esters is 1. The molecule has 1 aliphatic heterocycles. The summed E-state index contributed by atoms with van der Waals surface area (Å²) in [6.45, 7) is -0.453. The van der Waals surface area contributed by atoms with E-state index < -0.39 is 29.3 Å².